The fourth-order valence-electron chi connectivity index (χ4n) is 1.64. The van der Waals surface area contributed by atoms with Gasteiger partial charge in [-0.3, -0.25) is 9.59 Å². The fourth-order valence-corrected chi connectivity index (χ4v) is 1.64. The van der Waals surface area contributed by atoms with Gasteiger partial charge in [0, 0.05) is 19.4 Å². The van der Waals surface area contributed by atoms with Gasteiger partial charge in [-0.1, -0.05) is 0 Å². The molecule has 106 valence electrons. The molecule has 1 saturated heterocycles. The molecule has 1 heterocycles. The SMILES string of the molecule is NC(=O)CC[C@@H](NC(=O)NC1CNC(=O)C1)C(=O)O. The van der Waals surface area contributed by atoms with Crippen molar-refractivity contribution in [2.45, 2.75) is 31.3 Å². The van der Waals surface area contributed by atoms with E-state index < -0.39 is 23.9 Å². The fraction of sp³-hybridized carbons (Fsp3) is 0.600. The number of carbonyl (C=O) groups excluding carboxylic acids is 3. The van der Waals surface area contributed by atoms with E-state index in [2.05, 4.69) is 16.0 Å². The highest BCUT2D eigenvalue weighted by Gasteiger charge is 2.25. The van der Waals surface area contributed by atoms with Gasteiger partial charge in [0.25, 0.3) is 0 Å². The second-order valence-corrected chi connectivity index (χ2v) is 4.22. The van der Waals surface area contributed by atoms with Gasteiger partial charge in [-0.2, -0.15) is 0 Å². The normalized spacial score (nSPS) is 19.4. The summed E-state index contributed by atoms with van der Waals surface area (Å²) in [5, 5.41) is 16.1. The third kappa shape index (κ3) is 5.23. The molecular formula is C10H16N4O5. The zero-order valence-corrected chi connectivity index (χ0v) is 10.1. The summed E-state index contributed by atoms with van der Waals surface area (Å²) in [5.74, 6) is -2.06. The molecule has 0 saturated carbocycles. The highest BCUT2D eigenvalue weighted by molar-refractivity contribution is 5.85. The van der Waals surface area contributed by atoms with Crippen LogP contribution in [0, 0.1) is 0 Å². The molecule has 0 aromatic rings. The summed E-state index contributed by atoms with van der Waals surface area (Å²) in [4.78, 5) is 43.9. The Morgan fingerprint density at radius 2 is 2.16 bits per heavy atom. The molecule has 0 aromatic heterocycles. The topological polar surface area (TPSA) is 151 Å². The van der Waals surface area contributed by atoms with Crippen molar-refractivity contribution in [2.24, 2.45) is 5.73 Å². The number of hydrogen-bond acceptors (Lipinski definition) is 4. The molecule has 1 fully saturated rings. The van der Waals surface area contributed by atoms with Crippen LogP contribution in [0.1, 0.15) is 19.3 Å². The molecule has 0 aromatic carbocycles. The smallest absolute Gasteiger partial charge is 0.326 e. The Morgan fingerprint density at radius 1 is 1.47 bits per heavy atom. The predicted octanol–water partition coefficient (Wildman–Crippen LogP) is -2.11. The lowest BCUT2D eigenvalue weighted by Gasteiger charge is -2.16. The Bertz CT molecular complexity index is 397. The lowest BCUT2D eigenvalue weighted by molar-refractivity contribution is -0.139. The number of aliphatic carboxylic acids is 1. The van der Waals surface area contributed by atoms with Crippen molar-refractivity contribution in [3.05, 3.63) is 0 Å². The summed E-state index contributed by atoms with van der Waals surface area (Å²) in [6, 6.07) is -2.26. The maximum Gasteiger partial charge on any atom is 0.326 e. The van der Waals surface area contributed by atoms with E-state index in [1.165, 1.54) is 0 Å². The number of rotatable bonds is 6. The van der Waals surface area contributed by atoms with Crippen LogP contribution in [0.5, 0.6) is 0 Å². The first kappa shape index (κ1) is 14.7. The Labute approximate surface area is 108 Å². The lowest BCUT2D eigenvalue weighted by Crippen LogP contribution is -2.49. The van der Waals surface area contributed by atoms with Crippen LogP contribution >= 0.6 is 0 Å². The Balaban J connectivity index is 2.40. The van der Waals surface area contributed by atoms with Gasteiger partial charge < -0.3 is 26.8 Å². The Hall–Kier alpha value is -2.32. The Kier molecular flexibility index (Phi) is 5.10. The van der Waals surface area contributed by atoms with E-state index in [1.54, 1.807) is 0 Å². The van der Waals surface area contributed by atoms with Gasteiger partial charge in [-0.05, 0) is 6.42 Å². The predicted molar refractivity (Wildman–Crippen MR) is 62.9 cm³/mol. The van der Waals surface area contributed by atoms with E-state index in [0.717, 1.165) is 0 Å². The van der Waals surface area contributed by atoms with Gasteiger partial charge in [0.1, 0.15) is 6.04 Å². The van der Waals surface area contributed by atoms with E-state index in [1.807, 2.05) is 0 Å². The molecule has 1 aliphatic heterocycles. The number of carbonyl (C=O) groups is 4. The summed E-state index contributed by atoms with van der Waals surface area (Å²) < 4.78 is 0. The van der Waals surface area contributed by atoms with Gasteiger partial charge in [0.15, 0.2) is 0 Å². The van der Waals surface area contributed by atoms with Gasteiger partial charge in [0.2, 0.25) is 11.8 Å². The molecular weight excluding hydrogens is 256 g/mol. The van der Waals surface area contributed by atoms with E-state index in [-0.39, 0.29) is 31.2 Å². The zero-order valence-electron chi connectivity index (χ0n) is 10.1. The van der Waals surface area contributed by atoms with Crippen molar-refractivity contribution in [1.29, 1.82) is 0 Å². The number of carboxylic acid groups (broad SMARTS) is 1. The van der Waals surface area contributed by atoms with Gasteiger partial charge >= 0.3 is 12.0 Å². The van der Waals surface area contributed by atoms with Crippen molar-refractivity contribution >= 4 is 23.8 Å². The molecule has 19 heavy (non-hydrogen) atoms. The van der Waals surface area contributed by atoms with E-state index in [9.17, 15) is 19.2 Å². The van der Waals surface area contributed by atoms with Crippen LogP contribution < -0.4 is 21.7 Å². The molecule has 1 rings (SSSR count). The summed E-state index contributed by atoms with van der Waals surface area (Å²) >= 11 is 0. The van der Waals surface area contributed by atoms with Crippen LogP contribution in [-0.2, 0) is 14.4 Å². The molecule has 0 bridgehead atoms. The number of nitrogens with one attached hydrogen (secondary N) is 3. The first-order valence-corrected chi connectivity index (χ1v) is 5.73. The molecule has 1 aliphatic rings. The number of hydrogen-bond donors (Lipinski definition) is 5. The quantitative estimate of drug-likeness (QED) is 0.375. The number of nitrogens with two attached hydrogens (primary N) is 1. The summed E-state index contributed by atoms with van der Waals surface area (Å²) in [6.45, 7) is 0.311. The van der Waals surface area contributed by atoms with Crippen LogP contribution in [0.2, 0.25) is 0 Å². The molecule has 0 radical (unpaired) electrons. The lowest BCUT2D eigenvalue weighted by atomic mass is 10.1. The van der Waals surface area contributed by atoms with Crippen LogP contribution in [0.25, 0.3) is 0 Å². The standard InChI is InChI=1S/C10H16N4O5/c11-7(15)2-1-6(9(17)18)14-10(19)13-5-3-8(16)12-4-5/h5-6H,1-4H2,(H2,11,15)(H,12,16)(H,17,18)(H2,13,14,19)/t5?,6-/m1/s1. The minimum Gasteiger partial charge on any atom is -0.480 e. The summed E-state index contributed by atoms with van der Waals surface area (Å²) in [5.41, 5.74) is 4.91. The monoisotopic (exact) mass is 272 g/mol. The van der Waals surface area contributed by atoms with Crippen LogP contribution in [0.3, 0.4) is 0 Å². The average molecular weight is 272 g/mol. The van der Waals surface area contributed by atoms with E-state index >= 15 is 0 Å². The number of amides is 4. The third-order valence-corrected chi connectivity index (χ3v) is 2.60. The van der Waals surface area contributed by atoms with Crippen molar-refractivity contribution in [3.8, 4) is 0 Å². The van der Waals surface area contributed by atoms with Crippen molar-refractivity contribution in [1.82, 2.24) is 16.0 Å². The van der Waals surface area contributed by atoms with Crippen LogP contribution in [-0.4, -0.2) is 47.5 Å². The molecule has 4 amide bonds. The minimum atomic E-state index is -1.25. The van der Waals surface area contributed by atoms with Crippen molar-refractivity contribution in [2.75, 3.05) is 6.54 Å². The first-order chi connectivity index (χ1) is 8.88. The molecule has 0 spiro atoms. The van der Waals surface area contributed by atoms with E-state index in [0.29, 0.717) is 6.54 Å². The zero-order chi connectivity index (χ0) is 14.4. The molecule has 2 atom stereocenters. The maximum absolute atomic E-state index is 11.5. The van der Waals surface area contributed by atoms with E-state index in [4.69, 9.17) is 10.8 Å². The van der Waals surface area contributed by atoms with Gasteiger partial charge in [-0.25, -0.2) is 9.59 Å². The number of carboxylic acids is 1. The minimum absolute atomic E-state index is 0.0834. The molecule has 0 aliphatic carbocycles. The van der Waals surface area contributed by atoms with Crippen molar-refractivity contribution < 1.29 is 24.3 Å². The first-order valence-electron chi connectivity index (χ1n) is 5.73. The summed E-state index contributed by atoms with van der Waals surface area (Å²) in [6.07, 6.45) is -0.0624. The van der Waals surface area contributed by atoms with Gasteiger partial charge in [-0.15, -0.1) is 0 Å². The molecule has 1 unspecified atom stereocenters. The van der Waals surface area contributed by atoms with Gasteiger partial charge in [0.05, 0.1) is 6.04 Å². The molecule has 9 heteroatoms. The largest absolute Gasteiger partial charge is 0.480 e. The Morgan fingerprint density at radius 3 is 2.63 bits per heavy atom. The highest BCUT2D eigenvalue weighted by Crippen LogP contribution is 2.00. The molecule has 9 nitrogen and oxygen atoms in total. The maximum atomic E-state index is 11.5. The number of primary amides is 1. The number of urea groups is 1. The highest BCUT2D eigenvalue weighted by atomic mass is 16.4. The third-order valence-electron chi connectivity index (χ3n) is 2.60. The molecule has 6 N–H and O–H groups in total. The van der Waals surface area contributed by atoms with Crippen LogP contribution in [0.4, 0.5) is 4.79 Å². The second-order valence-electron chi connectivity index (χ2n) is 4.22. The average Bonchev–Trinajstić information content (AvgIpc) is 2.69. The van der Waals surface area contributed by atoms with Crippen molar-refractivity contribution in [3.63, 3.8) is 0 Å². The second kappa shape index (κ2) is 6.57. The van der Waals surface area contributed by atoms with Crippen LogP contribution in [0.15, 0.2) is 0 Å². The summed E-state index contributed by atoms with van der Waals surface area (Å²) in [7, 11) is 0.